The number of aromatic nitrogens is 2. The third kappa shape index (κ3) is 1.84. The molecule has 0 aliphatic carbocycles. The quantitative estimate of drug-likeness (QED) is 0.632. The van der Waals surface area contributed by atoms with Gasteiger partial charge >= 0.3 is 0 Å². The van der Waals surface area contributed by atoms with E-state index in [9.17, 15) is 0 Å². The number of rotatable bonds is 1. The number of halogens is 2. The Kier molecular flexibility index (Phi) is 2.88. The highest BCUT2D eigenvalue weighted by atomic mass is 79.9. The number of benzene rings is 2. The largest absolute Gasteiger partial charge is 0.295 e. The summed E-state index contributed by atoms with van der Waals surface area (Å²) in [6.45, 7) is 1.98. The lowest BCUT2D eigenvalue weighted by Gasteiger charge is -2.09. The molecule has 0 aliphatic rings. The standard InChI is InChI=1S/C14H10BrClN2/c1-9-17-12-4-2-3-5-14(12)18(9)13-7-6-10(15)8-11(13)16/h2-8H,1H3. The molecule has 0 fully saturated rings. The van der Waals surface area contributed by atoms with Crippen molar-refractivity contribution in [1.29, 1.82) is 0 Å². The molecular weight excluding hydrogens is 312 g/mol. The first-order valence-corrected chi connectivity index (χ1v) is 6.73. The topological polar surface area (TPSA) is 17.8 Å². The van der Waals surface area contributed by atoms with E-state index in [-0.39, 0.29) is 0 Å². The first-order chi connectivity index (χ1) is 8.66. The van der Waals surface area contributed by atoms with E-state index >= 15 is 0 Å². The van der Waals surface area contributed by atoms with Crippen LogP contribution in [0.2, 0.25) is 5.02 Å². The summed E-state index contributed by atoms with van der Waals surface area (Å²) in [5.41, 5.74) is 3.00. The van der Waals surface area contributed by atoms with Crippen LogP contribution in [0.25, 0.3) is 16.7 Å². The van der Waals surface area contributed by atoms with Crippen LogP contribution in [0.5, 0.6) is 0 Å². The fraction of sp³-hybridized carbons (Fsp3) is 0.0714. The predicted molar refractivity (Wildman–Crippen MR) is 78.5 cm³/mol. The van der Waals surface area contributed by atoms with Gasteiger partial charge in [-0.3, -0.25) is 4.57 Å². The third-order valence-electron chi connectivity index (χ3n) is 2.88. The monoisotopic (exact) mass is 320 g/mol. The van der Waals surface area contributed by atoms with E-state index in [2.05, 4.69) is 25.5 Å². The number of fused-ring (bicyclic) bond motifs is 1. The average molecular weight is 322 g/mol. The second kappa shape index (κ2) is 4.41. The van der Waals surface area contributed by atoms with Crippen molar-refractivity contribution >= 4 is 38.6 Å². The van der Waals surface area contributed by atoms with E-state index in [0.29, 0.717) is 5.02 Å². The van der Waals surface area contributed by atoms with Gasteiger partial charge in [-0.25, -0.2) is 4.98 Å². The molecule has 0 bridgehead atoms. The normalized spacial score (nSPS) is 11.1. The molecule has 1 heterocycles. The highest BCUT2D eigenvalue weighted by Crippen LogP contribution is 2.28. The molecule has 2 nitrogen and oxygen atoms in total. The summed E-state index contributed by atoms with van der Waals surface area (Å²) in [5.74, 6) is 0.931. The lowest BCUT2D eigenvalue weighted by molar-refractivity contribution is 1.00. The van der Waals surface area contributed by atoms with E-state index < -0.39 is 0 Å². The fourth-order valence-electron chi connectivity index (χ4n) is 2.11. The van der Waals surface area contributed by atoms with Crippen molar-refractivity contribution in [2.24, 2.45) is 0 Å². The summed E-state index contributed by atoms with van der Waals surface area (Å²) < 4.78 is 3.04. The molecule has 18 heavy (non-hydrogen) atoms. The molecule has 0 saturated heterocycles. The molecule has 3 aromatic rings. The Labute approximate surface area is 118 Å². The van der Waals surface area contributed by atoms with Crippen LogP contribution < -0.4 is 0 Å². The average Bonchev–Trinajstić information content (AvgIpc) is 2.66. The van der Waals surface area contributed by atoms with Crippen LogP contribution in [0.15, 0.2) is 46.9 Å². The van der Waals surface area contributed by atoms with E-state index in [1.54, 1.807) is 0 Å². The third-order valence-corrected chi connectivity index (χ3v) is 3.68. The maximum absolute atomic E-state index is 6.31. The van der Waals surface area contributed by atoms with Gasteiger partial charge in [0.1, 0.15) is 5.82 Å². The molecule has 0 atom stereocenters. The summed E-state index contributed by atoms with van der Waals surface area (Å²) in [4.78, 5) is 4.55. The smallest absolute Gasteiger partial charge is 0.111 e. The highest BCUT2D eigenvalue weighted by Gasteiger charge is 2.11. The van der Waals surface area contributed by atoms with Crippen LogP contribution in [-0.4, -0.2) is 9.55 Å². The van der Waals surface area contributed by atoms with Crippen molar-refractivity contribution in [2.45, 2.75) is 6.92 Å². The second-order valence-electron chi connectivity index (χ2n) is 4.08. The van der Waals surface area contributed by atoms with E-state index in [4.69, 9.17) is 11.6 Å². The van der Waals surface area contributed by atoms with Gasteiger partial charge in [0.2, 0.25) is 0 Å². The first-order valence-electron chi connectivity index (χ1n) is 5.56. The van der Waals surface area contributed by atoms with Crippen molar-refractivity contribution in [1.82, 2.24) is 9.55 Å². The summed E-state index contributed by atoms with van der Waals surface area (Å²) in [7, 11) is 0. The molecule has 0 N–H and O–H groups in total. The van der Waals surface area contributed by atoms with Crippen LogP contribution in [0.3, 0.4) is 0 Å². The molecule has 3 rings (SSSR count). The first kappa shape index (κ1) is 11.8. The summed E-state index contributed by atoms with van der Waals surface area (Å²) in [6.07, 6.45) is 0. The van der Waals surface area contributed by atoms with Crippen molar-refractivity contribution in [3.63, 3.8) is 0 Å². The van der Waals surface area contributed by atoms with Gasteiger partial charge in [0.15, 0.2) is 0 Å². The molecule has 0 spiro atoms. The van der Waals surface area contributed by atoms with Crippen LogP contribution >= 0.6 is 27.5 Å². The van der Waals surface area contributed by atoms with Crippen molar-refractivity contribution in [3.8, 4) is 5.69 Å². The number of nitrogens with zero attached hydrogens (tertiary/aromatic N) is 2. The Morgan fingerprint density at radius 3 is 2.72 bits per heavy atom. The minimum atomic E-state index is 0.704. The minimum Gasteiger partial charge on any atom is -0.295 e. The maximum atomic E-state index is 6.31. The van der Waals surface area contributed by atoms with Gasteiger partial charge in [0.25, 0.3) is 0 Å². The Bertz CT molecular complexity index is 734. The Balaban J connectivity index is 2.34. The van der Waals surface area contributed by atoms with E-state index in [1.807, 2.05) is 49.4 Å². The van der Waals surface area contributed by atoms with Gasteiger partial charge < -0.3 is 0 Å². The zero-order valence-electron chi connectivity index (χ0n) is 9.69. The van der Waals surface area contributed by atoms with E-state index in [1.165, 1.54) is 0 Å². The molecule has 1 aromatic heterocycles. The van der Waals surface area contributed by atoms with Crippen LogP contribution in [0.4, 0.5) is 0 Å². The summed E-state index contributed by atoms with van der Waals surface area (Å²) in [6, 6.07) is 13.9. The van der Waals surface area contributed by atoms with Crippen molar-refractivity contribution in [3.05, 3.63) is 57.8 Å². The van der Waals surface area contributed by atoms with Gasteiger partial charge in [-0.15, -0.1) is 0 Å². The van der Waals surface area contributed by atoms with Crippen molar-refractivity contribution in [2.75, 3.05) is 0 Å². The van der Waals surface area contributed by atoms with E-state index in [0.717, 1.165) is 27.0 Å². The van der Waals surface area contributed by atoms with Gasteiger partial charge in [-0.1, -0.05) is 39.7 Å². The number of hydrogen-bond acceptors (Lipinski definition) is 1. The molecule has 0 saturated carbocycles. The second-order valence-corrected chi connectivity index (χ2v) is 5.40. The Hall–Kier alpha value is -1.32. The highest BCUT2D eigenvalue weighted by molar-refractivity contribution is 9.10. The van der Waals surface area contributed by atoms with Gasteiger partial charge in [-0.05, 0) is 37.3 Å². The van der Waals surface area contributed by atoms with Crippen LogP contribution in [-0.2, 0) is 0 Å². The molecule has 0 amide bonds. The predicted octanol–water partition coefficient (Wildman–Crippen LogP) is 4.75. The van der Waals surface area contributed by atoms with Crippen molar-refractivity contribution < 1.29 is 0 Å². The molecule has 0 unspecified atom stereocenters. The lowest BCUT2D eigenvalue weighted by atomic mass is 10.3. The molecule has 90 valence electrons. The number of imidazole rings is 1. The molecular formula is C14H10BrClN2. The molecule has 4 heteroatoms. The summed E-state index contributed by atoms with van der Waals surface area (Å²) in [5, 5.41) is 0.704. The van der Waals surface area contributed by atoms with Crippen LogP contribution in [0, 0.1) is 6.92 Å². The van der Waals surface area contributed by atoms with Gasteiger partial charge in [-0.2, -0.15) is 0 Å². The summed E-state index contributed by atoms with van der Waals surface area (Å²) >= 11 is 9.73. The number of aryl methyl sites for hydroxylation is 1. The lowest BCUT2D eigenvalue weighted by Crippen LogP contribution is -1.97. The maximum Gasteiger partial charge on any atom is 0.111 e. The molecule has 0 radical (unpaired) electrons. The zero-order valence-corrected chi connectivity index (χ0v) is 12.0. The Morgan fingerprint density at radius 2 is 1.94 bits per heavy atom. The minimum absolute atomic E-state index is 0.704. The Morgan fingerprint density at radius 1 is 1.17 bits per heavy atom. The van der Waals surface area contributed by atoms with Crippen LogP contribution in [0.1, 0.15) is 5.82 Å². The molecule has 0 aliphatic heterocycles. The van der Waals surface area contributed by atoms with Gasteiger partial charge in [0.05, 0.1) is 21.7 Å². The number of hydrogen-bond donors (Lipinski definition) is 0. The molecule has 2 aromatic carbocycles. The van der Waals surface area contributed by atoms with Gasteiger partial charge in [0, 0.05) is 4.47 Å². The zero-order chi connectivity index (χ0) is 12.7. The number of para-hydroxylation sites is 2. The fourth-order valence-corrected chi connectivity index (χ4v) is 2.87. The SMILES string of the molecule is Cc1nc2ccccc2n1-c1ccc(Br)cc1Cl.